The van der Waals surface area contributed by atoms with Gasteiger partial charge in [0.05, 0.1) is 0 Å². The van der Waals surface area contributed by atoms with Gasteiger partial charge in [0.25, 0.3) is 0 Å². The van der Waals surface area contributed by atoms with Gasteiger partial charge in [0.15, 0.2) is 46.6 Å². The second kappa shape index (κ2) is 31.9. The van der Waals surface area contributed by atoms with Crippen molar-refractivity contribution in [2.75, 3.05) is 0 Å². The van der Waals surface area contributed by atoms with Gasteiger partial charge in [-0.05, 0) is 101 Å². The van der Waals surface area contributed by atoms with Gasteiger partial charge in [-0.3, -0.25) is 0 Å². The molecule has 0 radical (unpaired) electrons. The molecule has 0 N–H and O–H groups in total. The van der Waals surface area contributed by atoms with Crippen molar-refractivity contribution in [2.45, 2.75) is 156 Å². The first-order valence-electron chi connectivity index (χ1n) is 42.1. The van der Waals surface area contributed by atoms with E-state index in [1.54, 1.807) is 0 Å². The van der Waals surface area contributed by atoms with Gasteiger partial charge < -0.3 is 0 Å². The highest BCUT2D eigenvalue weighted by Crippen LogP contribution is 2.55. The first-order valence-corrected chi connectivity index (χ1v) is 42.1. The molecule has 0 amide bonds. The van der Waals surface area contributed by atoms with Crippen molar-refractivity contribution in [1.29, 1.82) is 0 Å². The third-order valence-electron chi connectivity index (χ3n) is 24.2. The van der Waals surface area contributed by atoms with Crippen LogP contribution >= 0.6 is 0 Å². The van der Waals surface area contributed by atoms with E-state index in [1.165, 1.54) is 89.0 Å². The monoisotopic (exact) mass is 1560 g/mol. The molecule has 0 bridgehead atoms. The summed E-state index contributed by atoms with van der Waals surface area (Å²) >= 11 is 0. The number of rotatable bonds is 12. The quantitative estimate of drug-likeness (QED) is 0.114. The fraction of sp³-hybridized carbons (Fsp3) is 0.222. The first-order chi connectivity index (χ1) is 57.8. The first kappa shape index (κ1) is 79.2. The Kier molecular flexibility index (Phi) is 21.0. The third kappa shape index (κ3) is 14.7. The third-order valence-corrected chi connectivity index (χ3v) is 24.2. The summed E-state index contributed by atoms with van der Waals surface area (Å²) < 4.78 is 0. The molecule has 4 aliphatic rings. The van der Waals surface area contributed by atoms with Crippen LogP contribution in [0.5, 0.6) is 0 Å². The van der Waals surface area contributed by atoms with Crippen molar-refractivity contribution in [1.82, 2.24) is 59.8 Å². The Morgan fingerprint density at radius 2 is 0.442 bits per heavy atom. The average molecular weight is 1570 g/mol. The molecule has 0 spiro atoms. The zero-order valence-corrected chi connectivity index (χ0v) is 71.4. The molecule has 0 saturated carbocycles. The van der Waals surface area contributed by atoms with Crippen molar-refractivity contribution in [3.8, 4) is 136 Å². The van der Waals surface area contributed by atoms with Crippen LogP contribution < -0.4 is 0 Å². The van der Waals surface area contributed by atoms with E-state index < -0.39 is 0 Å². The molecule has 12 nitrogen and oxygen atoms in total. The molecule has 0 fully saturated rings. The maximum absolute atomic E-state index is 4.94. The van der Waals surface area contributed by atoms with E-state index in [4.69, 9.17) is 59.8 Å². The van der Waals surface area contributed by atoms with Gasteiger partial charge in [0, 0.05) is 89.8 Å². The van der Waals surface area contributed by atoms with Crippen LogP contribution in [0.1, 0.15) is 202 Å². The van der Waals surface area contributed by atoms with Crippen LogP contribution in [-0.4, -0.2) is 59.8 Å². The van der Waals surface area contributed by atoms with Crippen molar-refractivity contribution in [3.05, 3.63) is 359 Å². The minimum Gasteiger partial charge on any atom is -0.213 e. The molecular weight excluding hydrogens is 1470 g/mol. The Hall–Kier alpha value is -13.3. The zero-order valence-electron chi connectivity index (χ0n) is 71.4. The number of aromatic nitrogens is 12. The zero-order chi connectivity index (χ0) is 83.5. The summed E-state index contributed by atoms with van der Waals surface area (Å²) in [6.07, 6.45) is 0. The standard InChI is InChI=1S/4C27H25N3/c1-17(2)24-28-25(18-11-6-5-7-12-18)30-26(29-24)21-15-10-14-20-19-13-8-9-16-22(19)27(3,4)23(20)21;1-17(2)24-28-25(18-11-6-5-7-12-18)30-26(29-24)20-14-10-16-22-23(20)19-13-8-9-15-21(19)27(22,3)4;1-17(2)24-28-25(18-10-6-5-7-11-18)30-26(29-24)19-14-15-23-21(16-19)20-12-8-9-13-22(20)27(23,3)4;1-17(2)24-28-25(18-10-6-5-7-11-18)30-26(29-24)19-14-15-21-20-12-8-9-13-22(20)27(3,4)23(21)16-19/h4*5-17H,1-4H3. The number of benzene rings is 12. The van der Waals surface area contributed by atoms with Gasteiger partial charge in [-0.2, -0.15) is 0 Å². The molecule has 12 aromatic carbocycles. The maximum Gasteiger partial charge on any atom is 0.164 e. The Bertz CT molecular complexity index is 6530. The second-order valence-corrected chi connectivity index (χ2v) is 35.1. The number of hydrogen-bond donors (Lipinski definition) is 0. The highest BCUT2D eigenvalue weighted by atomic mass is 15.1. The van der Waals surface area contributed by atoms with Crippen molar-refractivity contribution >= 4 is 0 Å². The summed E-state index contributed by atoms with van der Waals surface area (Å²) in [4.78, 5) is 58.1. The minimum absolute atomic E-state index is 0.00183. The van der Waals surface area contributed by atoms with Crippen molar-refractivity contribution < 1.29 is 0 Å². The molecule has 12 heteroatoms. The summed E-state index contributed by atoms with van der Waals surface area (Å²) in [6.45, 7) is 35.4. The van der Waals surface area contributed by atoms with Gasteiger partial charge in [0.2, 0.25) is 0 Å². The van der Waals surface area contributed by atoms with Gasteiger partial charge in [0.1, 0.15) is 23.3 Å². The fourth-order valence-corrected chi connectivity index (χ4v) is 17.6. The molecule has 0 aliphatic heterocycles. The Morgan fingerprint density at radius 3 is 0.883 bits per heavy atom. The molecule has 4 aliphatic carbocycles. The largest absolute Gasteiger partial charge is 0.213 e. The van der Waals surface area contributed by atoms with Crippen molar-refractivity contribution in [3.63, 3.8) is 0 Å². The summed E-state index contributed by atoms with van der Waals surface area (Å²) in [7, 11) is 0. The molecule has 4 heterocycles. The van der Waals surface area contributed by atoms with Crippen LogP contribution in [0.3, 0.4) is 0 Å². The van der Waals surface area contributed by atoms with Crippen LogP contribution in [0, 0.1) is 0 Å². The van der Waals surface area contributed by atoms with E-state index in [-0.39, 0.29) is 45.3 Å². The lowest BCUT2D eigenvalue weighted by Gasteiger charge is -2.24. The topological polar surface area (TPSA) is 155 Å². The Labute approximate surface area is 706 Å². The molecular formula is C108H100N12. The van der Waals surface area contributed by atoms with E-state index in [9.17, 15) is 0 Å². The van der Waals surface area contributed by atoms with E-state index in [2.05, 4.69) is 305 Å². The number of hydrogen-bond acceptors (Lipinski definition) is 12. The van der Waals surface area contributed by atoms with Gasteiger partial charge in [-0.25, -0.2) is 59.8 Å². The maximum atomic E-state index is 4.94. The summed E-state index contributed by atoms with van der Waals surface area (Å²) in [6, 6.07) is 102. The van der Waals surface area contributed by atoms with Gasteiger partial charge in [-0.15, -0.1) is 0 Å². The van der Waals surface area contributed by atoms with Crippen LogP contribution in [0.2, 0.25) is 0 Å². The van der Waals surface area contributed by atoms with Crippen molar-refractivity contribution in [2.24, 2.45) is 0 Å². The smallest absolute Gasteiger partial charge is 0.164 e. The van der Waals surface area contributed by atoms with Crippen LogP contribution in [-0.2, 0) is 21.7 Å². The SMILES string of the molecule is CC(C)c1nc(-c2ccccc2)nc(-c2ccc3c(c2)-c2ccccc2C3(C)C)n1.CC(C)c1nc(-c2ccccc2)nc(-c2ccc3c(c2)C(C)(C)c2ccccc2-3)n1.CC(C)c1nc(-c2ccccc2)nc(-c2cccc3c2-c2ccccc2C3(C)C)n1.CC(C)c1nc(-c2ccccc2)nc(-c2cccc3c2C(C)(C)c2ccccc2-3)n1. The lowest BCUT2D eigenvalue weighted by molar-refractivity contribution is 0.660. The fourth-order valence-electron chi connectivity index (χ4n) is 17.6. The van der Waals surface area contributed by atoms with Gasteiger partial charge >= 0.3 is 0 Å². The molecule has 592 valence electrons. The molecule has 120 heavy (non-hydrogen) atoms. The van der Waals surface area contributed by atoms with Crippen LogP contribution in [0.4, 0.5) is 0 Å². The normalized spacial score (nSPS) is 13.9. The molecule has 0 atom stereocenters. The lowest BCUT2D eigenvalue weighted by atomic mass is 9.80. The number of fused-ring (bicyclic) bond motifs is 12. The molecule has 0 saturated heterocycles. The second-order valence-electron chi connectivity index (χ2n) is 35.1. The Balaban J connectivity index is 0.000000114. The summed E-state index contributed by atoms with van der Waals surface area (Å²) in [5, 5.41) is 0. The average Bonchev–Trinajstić information content (AvgIpc) is 1.60. The van der Waals surface area contributed by atoms with Crippen LogP contribution in [0.25, 0.3) is 136 Å². The van der Waals surface area contributed by atoms with E-state index in [0.29, 0.717) is 0 Å². The van der Waals surface area contributed by atoms with Gasteiger partial charge in [-0.1, -0.05) is 390 Å². The Morgan fingerprint density at radius 1 is 0.175 bits per heavy atom. The highest BCUT2D eigenvalue weighted by molar-refractivity contribution is 5.92. The highest BCUT2D eigenvalue weighted by Gasteiger charge is 2.41. The van der Waals surface area contributed by atoms with Crippen LogP contribution in [0.15, 0.2) is 291 Å². The molecule has 20 rings (SSSR count). The number of nitrogens with zero attached hydrogens (tertiary/aromatic N) is 12. The van der Waals surface area contributed by atoms with E-state index in [0.717, 1.165) is 114 Å². The summed E-state index contributed by atoms with van der Waals surface area (Å²) in [5.41, 5.74) is 29.2. The van der Waals surface area contributed by atoms with E-state index >= 15 is 0 Å². The molecule has 4 aromatic heterocycles. The lowest BCUT2D eigenvalue weighted by Crippen LogP contribution is -2.17. The molecule has 0 unspecified atom stereocenters. The predicted molar refractivity (Wildman–Crippen MR) is 489 cm³/mol. The molecule has 16 aromatic rings. The minimum atomic E-state index is -0.111. The summed E-state index contributed by atoms with van der Waals surface area (Å²) in [5.74, 6) is 10.1. The predicted octanol–water partition coefficient (Wildman–Crippen LogP) is 26.5. The van der Waals surface area contributed by atoms with E-state index in [1.807, 2.05) is 97.1 Å².